The third kappa shape index (κ3) is 3.79. The van der Waals surface area contributed by atoms with Crippen LogP contribution in [0.1, 0.15) is 22.5 Å². The number of rotatable bonds is 4. The highest BCUT2D eigenvalue weighted by atomic mass is 35.5. The Labute approximate surface area is 172 Å². The van der Waals surface area contributed by atoms with Crippen LogP contribution in [-0.2, 0) is 0 Å². The van der Waals surface area contributed by atoms with E-state index >= 15 is 0 Å². The summed E-state index contributed by atoms with van der Waals surface area (Å²) in [5.74, 6) is 0. The zero-order chi connectivity index (χ0) is 20.4. The molecule has 0 aliphatic carbocycles. The molecule has 0 aliphatic heterocycles. The second-order valence-electron chi connectivity index (χ2n) is 6.23. The molecule has 0 aliphatic rings. The minimum atomic E-state index is -0.481. The summed E-state index contributed by atoms with van der Waals surface area (Å²) >= 11 is 12.5. The number of halogens is 2. The van der Waals surface area contributed by atoms with Crippen LogP contribution in [0, 0.1) is 35.3 Å². The molecule has 1 aromatic heterocycles. The maximum atomic E-state index is 11.0. The maximum Gasteiger partial charge on any atom is 0.270 e. The number of aryl methyl sites for hydroxylation is 1. The van der Waals surface area contributed by atoms with Crippen molar-refractivity contribution in [3.05, 3.63) is 91.2 Å². The quantitative estimate of drug-likeness (QED) is 0.284. The molecular formula is C21H15Cl2N3O2. The van der Waals surface area contributed by atoms with Crippen molar-refractivity contribution in [3.63, 3.8) is 0 Å². The summed E-state index contributed by atoms with van der Waals surface area (Å²) in [4.78, 5) is 10.5. The zero-order valence-electron chi connectivity index (χ0n) is 15.1. The fraction of sp³-hybridized carbons (Fsp3) is 0.0952. The van der Waals surface area contributed by atoms with Crippen molar-refractivity contribution in [2.24, 2.45) is 0 Å². The van der Waals surface area contributed by atoms with Gasteiger partial charge in [-0.15, -0.1) is 0 Å². The Morgan fingerprint density at radius 1 is 1.18 bits per heavy atom. The predicted molar refractivity (Wildman–Crippen MR) is 112 cm³/mol. The standard InChI is InChI=1S/C21H15Cl2N3O2/c1-13-8-16(14(2)25(13)21-11-18(22)6-7-20(21)23)9-17(12-24)15-4-3-5-19(10-15)26(27)28/h3-11H,1-2H3. The number of hydrogen-bond donors (Lipinski definition) is 0. The molecular weight excluding hydrogens is 397 g/mol. The van der Waals surface area contributed by atoms with E-state index in [4.69, 9.17) is 23.2 Å². The van der Waals surface area contributed by atoms with Crippen LogP contribution in [-0.4, -0.2) is 9.49 Å². The number of non-ortho nitro benzene ring substituents is 1. The summed E-state index contributed by atoms with van der Waals surface area (Å²) in [6.45, 7) is 3.85. The maximum absolute atomic E-state index is 11.0. The number of nitriles is 1. The zero-order valence-corrected chi connectivity index (χ0v) is 16.6. The van der Waals surface area contributed by atoms with Crippen molar-refractivity contribution in [1.82, 2.24) is 4.57 Å². The molecule has 3 rings (SSSR count). The third-order valence-corrected chi connectivity index (χ3v) is 4.96. The molecule has 0 saturated carbocycles. The lowest BCUT2D eigenvalue weighted by Gasteiger charge is -2.12. The van der Waals surface area contributed by atoms with E-state index in [1.54, 1.807) is 36.4 Å². The van der Waals surface area contributed by atoms with Gasteiger partial charge in [0, 0.05) is 28.5 Å². The van der Waals surface area contributed by atoms with Crippen LogP contribution in [0.2, 0.25) is 10.0 Å². The van der Waals surface area contributed by atoms with Crippen LogP contribution >= 0.6 is 23.2 Å². The van der Waals surface area contributed by atoms with Gasteiger partial charge >= 0.3 is 0 Å². The van der Waals surface area contributed by atoms with E-state index in [1.165, 1.54) is 12.1 Å². The molecule has 28 heavy (non-hydrogen) atoms. The van der Waals surface area contributed by atoms with Gasteiger partial charge in [0.2, 0.25) is 0 Å². The first-order valence-electron chi connectivity index (χ1n) is 8.33. The van der Waals surface area contributed by atoms with Gasteiger partial charge < -0.3 is 4.57 Å². The number of benzene rings is 2. The Morgan fingerprint density at radius 2 is 1.93 bits per heavy atom. The van der Waals surface area contributed by atoms with E-state index in [1.807, 2.05) is 24.5 Å². The molecule has 0 spiro atoms. The van der Waals surface area contributed by atoms with E-state index in [-0.39, 0.29) is 5.69 Å². The van der Waals surface area contributed by atoms with Gasteiger partial charge in [-0.25, -0.2) is 0 Å². The number of allylic oxidation sites excluding steroid dienone is 1. The largest absolute Gasteiger partial charge is 0.316 e. The topological polar surface area (TPSA) is 71.9 Å². The number of aromatic nitrogens is 1. The SMILES string of the molecule is Cc1cc(C=C(C#N)c2cccc([N+](=O)[O-])c2)c(C)n1-c1cc(Cl)ccc1Cl. The second kappa shape index (κ2) is 7.89. The molecule has 0 amide bonds. The van der Waals surface area contributed by atoms with E-state index in [0.717, 1.165) is 22.6 Å². The van der Waals surface area contributed by atoms with Gasteiger partial charge in [-0.2, -0.15) is 5.26 Å². The number of nitrogens with zero attached hydrogens (tertiary/aromatic N) is 3. The number of nitro benzene ring substituents is 1. The molecule has 1 heterocycles. The highest BCUT2D eigenvalue weighted by Crippen LogP contribution is 2.31. The Kier molecular flexibility index (Phi) is 5.55. The van der Waals surface area contributed by atoms with Gasteiger partial charge in [0.25, 0.3) is 5.69 Å². The molecule has 0 atom stereocenters. The fourth-order valence-corrected chi connectivity index (χ4v) is 3.45. The molecule has 0 N–H and O–H groups in total. The van der Waals surface area contributed by atoms with Gasteiger partial charge in [-0.3, -0.25) is 10.1 Å². The first-order chi connectivity index (χ1) is 13.3. The lowest BCUT2D eigenvalue weighted by Crippen LogP contribution is -2.00. The molecule has 140 valence electrons. The minimum absolute atomic E-state index is 0.0603. The number of hydrogen-bond acceptors (Lipinski definition) is 3. The first kappa shape index (κ1) is 19.7. The van der Waals surface area contributed by atoms with Gasteiger partial charge in [-0.05, 0) is 55.3 Å². The molecule has 5 nitrogen and oxygen atoms in total. The van der Waals surface area contributed by atoms with E-state index in [9.17, 15) is 15.4 Å². The van der Waals surface area contributed by atoms with Crippen LogP contribution in [0.4, 0.5) is 5.69 Å². The molecule has 0 unspecified atom stereocenters. The third-order valence-electron chi connectivity index (χ3n) is 4.41. The molecule has 0 radical (unpaired) electrons. The van der Waals surface area contributed by atoms with E-state index in [0.29, 0.717) is 21.2 Å². The Bertz CT molecular complexity index is 1160. The Morgan fingerprint density at radius 3 is 2.61 bits per heavy atom. The Balaban J connectivity index is 2.12. The molecule has 0 saturated heterocycles. The summed E-state index contributed by atoms with van der Waals surface area (Å²) < 4.78 is 1.96. The summed E-state index contributed by atoms with van der Waals surface area (Å²) in [6, 6.07) is 15.3. The van der Waals surface area contributed by atoms with Crippen LogP contribution in [0.3, 0.4) is 0 Å². The smallest absolute Gasteiger partial charge is 0.270 e. The highest BCUT2D eigenvalue weighted by molar-refractivity contribution is 6.34. The Hall–Kier alpha value is -3.07. The van der Waals surface area contributed by atoms with Gasteiger partial charge in [0.1, 0.15) is 0 Å². The normalized spacial score (nSPS) is 11.3. The van der Waals surface area contributed by atoms with Crippen LogP contribution in [0.5, 0.6) is 0 Å². The van der Waals surface area contributed by atoms with Gasteiger partial charge in [0.15, 0.2) is 0 Å². The van der Waals surface area contributed by atoms with Crippen LogP contribution in [0.25, 0.3) is 17.3 Å². The highest BCUT2D eigenvalue weighted by Gasteiger charge is 2.14. The fourth-order valence-electron chi connectivity index (χ4n) is 3.08. The number of nitro groups is 1. The molecule has 0 fully saturated rings. The van der Waals surface area contributed by atoms with Crippen molar-refractivity contribution in [2.45, 2.75) is 13.8 Å². The van der Waals surface area contributed by atoms with Crippen molar-refractivity contribution in [3.8, 4) is 11.8 Å². The molecule has 0 bridgehead atoms. The summed E-state index contributed by atoms with van der Waals surface area (Å²) in [5, 5.41) is 21.7. The predicted octanol–water partition coefficient (Wildman–Crippen LogP) is 6.37. The average Bonchev–Trinajstić information content (AvgIpc) is 2.95. The summed E-state index contributed by atoms with van der Waals surface area (Å²) in [6.07, 6.45) is 1.72. The van der Waals surface area contributed by atoms with Crippen molar-refractivity contribution < 1.29 is 4.92 Å². The molecule has 3 aromatic rings. The van der Waals surface area contributed by atoms with E-state index < -0.39 is 4.92 Å². The summed E-state index contributed by atoms with van der Waals surface area (Å²) in [7, 11) is 0. The monoisotopic (exact) mass is 411 g/mol. The van der Waals surface area contributed by atoms with Crippen molar-refractivity contribution in [1.29, 1.82) is 5.26 Å². The lowest BCUT2D eigenvalue weighted by molar-refractivity contribution is -0.384. The minimum Gasteiger partial charge on any atom is -0.316 e. The van der Waals surface area contributed by atoms with E-state index in [2.05, 4.69) is 6.07 Å². The van der Waals surface area contributed by atoms with Crippen molar-refractivity contribution in [2.75, 3.05) is 0 Å². The first-order valence-corrected chi connectivity index (χ1v) is 9.08. The van der Waals surface area contributed by atoms with Gasteiger partial charge in [-0.1, -0.05) is 35.3 Å². The molecule has 7 heteroatoms. The van der Waals surface area contributed by atoms with Crippen LogP contribution in [0.15, 0.2) is 48.5 Å². The summed E-state index contributed by atoms with van der Waals surface area (Å²) in [5.41, 5.74) is 4.12. The van der Waals surface area contributed by atoms with Crippen molar-refractivity contribution >= 4 is 40.5 Å². The second-order valence-corrected chi connectivity index (χ2v) is 7.08. The van der Waals surface area contributed by atoms with Gasteiger partial charge in [0.05, 0.1) is 27.3 Å². The van der Waals surface area contributed by atoms with Crippen LogP contribution < -0.4 is 0 Å². The lowest BCUT2D eigenvalue weighted by atomic mass is 10.0. The molecule has 2 aromatic carbocycles. The average molecular weight is 412 g/mol.